The van der Waals surface area contributed by atoms with Crippen molar-refractivity contribution in [3.05, 3.63) is 66.0 Å². The van der Waals surface area contributed by atoms with Crippen LogP contribution in [0.15, 0.2) is 54.9 Å². The van der Waals surface area contributed by atoms with Crippen LogP contribution in [0, 0.1) is 0 Å². The third kappa shape index (κ3) is 6.31. The Morgan fingerprint density at radius 2 is 1.86 bits per heavy atom. The Bertz CT molecular complexity index is 534. The van der Waals surface area contributed by atoms with Gasteiger partial charge < -0.3 is 10.6 Å². The van der Waals surface area contributed by atoms with E-state index >= 15 is 0 Å². The van der Waals surface area contributed by atoms with E-state index < -0.39 is 0 Å². The van der Waals surface area contributed by atoms with Gasteiger partial charge in [0.05, 0.1) is 0 Å². The minimum atomic E-state index is -0.140. The maximum Gasteiger partial charge on any atom is 0.315 e. The van der Waals surface area contributed by atoms with Gasteiger partial charge in [0.2, 0.25) is 0 Å². The highest BCUT2D eigenvalue weighted by molar-refractivity contribution is 7.98. The third-order valence-electron chi connectivity index (χ3n) is 2.82. The van der Waals surface area contributed by atoms with Gasteiger partial charge in [-0.1, -0.05) is 36.4 Å². The topological polar surface area (TPSA) is 54.0 Å². The Morgan fingerprint density at radius 1 is 1.05 bits per heavy atom. The summed E-state index contributed by atoms with van der Waals surface area (Å²) < 4.78 is 0. The predicted molar refractivity (Wildman–Crippen MR) is 87.1 cm³/mol. The van der Waals surface area contributed by atoms with Crippen LogP contribution in [0.4, 0.5) is 4.79 Å². The maximum atomic E-state index is 11.6. The van der Waals surface area contributed by atoms with Gasteiger partial charge in [-0.3, -0.25) is 4.98 Å². The molecule has 0 aliphatic carbocycles. The van der Waals surface area contributed by atoms with Crippen LogP contribution in [-0.2, 0) is 12.3 Å². The second kappa shape index (κ2) is 9.02. The average molecular weight is 301 g/mol. The molecule has 1 aromatic carbocycles. The van der Waals surface area contributed by atoms with Gasteiger partial charge in [-0.05, 0) is 17.2 Å². The van der Waals surface area contributed by atoms with Crippen molar-refractivity contribution in [3.63, 3.8) is 0 Å². The number of urea groups is 1. The summed E-state index contributed by atoms with van der Waals surface area (Å²) in [7, 11) is 0. The first-order valence-corrected chi connectivity index (χ1v) is 8.02. The summed E-state index contributed by atoms with van der Waals surface area (Å²) in [6.07, 6.45) is 3.46. The molecular formula is C16H19N3OS. The second-order valence-electron chi connectivity index (χ2n) is 4.51. The molecule has 2 N–H and O–H groups in total. The zero-order chi connectivity index (χ0) is 14.8. The van der Waals surface area contributed by atoms with Crippen LogP contribution in [0.2, 0.25) is 0 Å². The number of carbonyl (C=O) groups is 1. The molecule has 21 heavy (non-hydrogen) atoms. The van der Waals surface area contributed by atoms with Crippen LogP contribution in [-0.4, -0.2) is 23.3 Å². The SMILES string of the molecule is O=C(NCCSCc1ccccc1)NCc1cccnc1. The molecule has 2 amide bonds. The second-order valence-corrected chi connectivity index (χ2v) is 5.61. The molecule has 0 spiro atoms. The number of carbonyl (C=O) groups excluding carboxylic acids is 1. The first-order chi connectivity index (χ1) is 10.3. The van der Waals surface area contributed by atoms with Crippen LogP contribution in [0.5, 0.6) is 0 Å². The summed E-state index contributed by atoms with van der Waals surface area (Å²) in [5.74, 6) is 1.87. The summed E-state index contributed by atoms with van der Waals surface area (Å²) >= 11 is 1.81. The van der Waals surface area contributed by atoms with E-state index in [4.69, 9.17) is 0 Å². The Kier molecular flexibility index (Phi) is 6.61. The average Bonchev–Trinajstić information content (AvgIpc) is 2.54. The fourth-order valence-corrected chi connectivity index (χ4v) is 2.57. The van der Waals surface area contributed by atoms with Crippen molar-refractivity contribution in [2.45, 2.75) is 12.3 Å². The zero-order valence-electron chi connectivity index (χ0n) is 11.8. The monoisotopic (exact) mass is 301 g/mol. The lowest BCUT2D eigenvalue weighted by Crippen LogP contribution is -2.36. The van der Waals surface area contributed by atoms with Crippen molar-refractivity contribution in [2.75, 3.05) is 12.3 Å². The molecule has 0 saturated heterocycles. The van der Waals surface area contributed by atoms with Crippen molar-refractivity contribution in [1.29, 1.82) is 0 Å². The number of rotatable bonds is 7. The molecule has 2 aromatic rings. The zero-order valence-corrected chi connectivity index (χ0v) is 12.6. The van der Waals surface area contributed by atoms with Crippen LogP contribution in [0.25, 0.3) is 0 Å². The number of hydrogen-bond donors (Lipinski definition) is 2. The summed E-state index contributed by atoms with van der Waals surface area (Å²) in [5.41, 5.74) is 2.30. The minimum absolute atomic E-state index is 0.140. The van der Waals surface area contributed by atoms with Gasteiger partial charge in [0.1, 0.15) is 0 Å². The summed E-state index contributed by atoms with van der Waals surface area (Å²) in [6, 6.07) is 14.0. The number of aromatic nitrogens is 1. The van der Waals surface area contributed by atoms with Crippen molar-refractivity contribution in [2.24, 2.45) is 0 Å². The van der Waals surface area contributed by atoms with Gasteiger partial charge in [-0.25, -0.2) is 4.79 Å². The van der Waals surface area contributed by atoms with Crippen LogP contribution < -0.4 is 10.6 Å². The molecule has 1 aromatic heterocycles. The predicted octanol–water partition coefficient (Wildman–Crippen LogP) is 2.81. The molecule has 0 atom stereocenters. The van der Waals surface area contributed by atoms with E-state index in [0.717, 1.165) is 17.1 Å². The summed E-state index contributed by atoms with van der Waals surface area (Å²) in [5, 5.41) is 5.66. The Morgan fingerprint density at radius 3 is 2.62 bits per heavy atom. The van der Waals surface area contributed by atoms with E-state index in [1.165, 1.54) is 5.56 Å². The van der Waals surface area contributed by atoms with E-state index in [1.54, 1.807) is 12.4 Å². The quantitative estimate of drug-likeness (QED) is 0.773. The summed E-state index contributed by atoms with van der Waals surface area (Å²) in [6.45, 7) is 1.16. The Hall–Kier alpha value is -2.01. The molecular weight excluding hydrogens is 282 g/mol. The van der Waals surface area contributed by atoms with Crippen LogP contribution in [0.3, 0.4) is 0 Å². The number of hydrogen-bond acceptors (Lipinski definition) is 3. The minimum Gasteiger partial charge on any atom is -0.337 e. The van der Waals surface area contributed by atoms with Gasteiger partial charge in [0.15, 0.2) is 0 Å². The largest absolute Gasteiger partial charge is 0.337 e. The molecule has 0 unspecified atom stereocenters. The van der Waals surface area contributed by atoms with E-state index in [2.05, 4.69) is 27.8 Å². The molecule has 2 rings (SSSR count). The highest BCUT2D eigenvalue weighted by Gasteiger charge is 2.00. The fourth-order valence-electron chi connectivity index (χ4n) is 1.75. The molecule has 0 bridgehead atoms. The van der Waals surface area contributed by atoms with E-state index in [9.17, 15) is 4.79 Å². The van der Waals surface area contributed by atoms with Crippen molar-refractivity contribution in [3.8, 4) is 0 Å². The molecule has 0 fully saturated rings. The standard InChI is InChI=1S/C16H19N3OS/c20-16(19-12-15-7-4-8-17-11-15)18-9-10-21-13-14-5-2-1-3-6-14/h1-8,11H,9-10,12-13H2,(H2,18,19,20). The van der Waals surface area contributed by atoms with Crippen molar-refractivity contribution < 1.29 is 4.79 Å². The lowest BCUT2D eigenvalue weighted by Gasteiger charge is -2.07. The summed E-state index contributed by atoms with van der Waals surface area (Å²) in [4.78, 5) is 15.6. The normalized spacial score (nSPS) is 10.1. The third-order valence-corrected chi connectivity index (χ3v) is 3.85. The van der Waals surface area contributed by atoms with Crippen molar-refractivity contribution >= 4 is 17.8 Å². The number of nitrogens with zero attached hydrogens (tertiary/aromatic N) is 1. The fraction of sp³-hybridized carbons (Fsp3) is 0.250. The molecule has 0 aliphatic heterocycles. The van der Waals surface area contributed by atoms with Gasteiger partial charge in [0, 0.05) is 37.0 Å². The maximum absolute atomic E-state index is 11.6. The van der Waals surface area contributed by atoms with E-state index in [0.29, 0.717) is 13.1 Å². The van der Waals surface area contributed by atoms with E-state index in [-0.39, 0.29) is 6.03 Å². The number of nitrogens with one attached hydrogen (secondary N) is 2. The number of benzene rings is 1. The van der Waals surface area contributed by atoms with E-state index in [1.807, 2.05) is 42.1 Å². The molecule has 1 heterocycles. The highest BCUT2D eigenvalue weighted by Crippen LogP contribution is 2.10. The van der Waals surface area contributed by atoms with Gasteiger partial charge in [-0.15, -0.1) is 0 Å². The van der Waals surface area contributed by atoms with Crippen molar-refractivity contribution in [1.82, 2.24) is 15.6 Å². The molecule has 4 nitrogen and oxygen atoms in total. The van der Waals surface area contributed by atoms with Crippen LogP contribution in [0.1, 0.15) is 11.1 Å². The smallest absolute Gasteiger partial charge is 0.315 e. The Labute approximate surface area is 129 Å². The molecule has 110 valence electrons. The molecule has 5 heteroatoms. The Balaban J connectivity index is 1.53. The number of pyridine rings is 1. The number of thioether (sulfide) groups is 1. The highest BCUT2D eigenvalue weighted by atomic mass is 32.2. The molecule has 0 radical (unpaired) electrons. The van der Waals surface area contributed by atoms with Crippen LogP contribution >= 0.6 is 11.8 Å². The molecule has 0 saturated carbocycles. The lowest BCUT2D eigenvalue weighted by molar-refractivity contribution is 0.241. The lowest BCUT2D eigenvalue weighted by atomic mass is 10.2. The number of amides is 2. The first kappa shape index (κ1) is 15.4. The molecule has 0 aliphatic rings. The van der Waals surface area contributed by atoms with Gasteiger partial charge in [0.25, 0.3) is 0 Å². The first-order valence-electron chi connectivity index (χ1n) is 6.87. The van der Waals surface area contributed by atoms with Gasteiger partial charge in [-0.2, -0.15) is 11.8 Å². The van der Waals surface area contributed by atoms with Gasteiger partial charge >= 0.3 is 6.03 Å².